The largest absolute Gasteiger partial charge is 0.478 e. The zero-order valence-corrected chi connectivity index (χ0v) is 10.2. The lowest BCUT2D eigenvalue weighted by atomic mass is 10.2. The van der Waals surface area contributed by atoms with Crippen molar-refractivity contribution in [3.63, 3.8) is 0 Å². The third-order valence-electron chi connectivity index (χ3n) is 1.99. The summed E-state index contributed by atoms with van der Waals surface area (Å²) in [6, 6.07) is 0. The third kappa shape index (κ3) is 4.80. The maximum atomic E-state index is 9.58. The molecule has 0 unspecified atom stereocenters. The molecule has 1 aliphatic rings. The number of rotatable bonds is 2. The van der Waals surface area contributed by atoms with Crippen LogP contribution >= 0.6 is 0 Å². The molecule has 0 spiro atoms. The van der Waals surface area contributed by atoms with Crippen molar-refractivity contribution in [1.82, 2.24) is 0 Å². The first-order valence-corrected chi connectivity index (χ1v) is 6.86. The molecule has 0 radical (unpaired) electrons. The smallest absolute Gasteiger partial charge is 0.327 e. The van der Waals surface area contributed by atoms with Crippen LogP contribution in [0, 0.1) is 0 Å². The quantitative estimate of drug-likeness (QED) is 0.569. The molecule has 0 aliphatic carbocycles. The van der Waals surface area contributed by atoms with E-state index in [1.54, 1.807) is 0 Å². The van der Waals surface area contributed by atoms with E-state index in [9.17, 15) is 5.11 Å². The number of hydrogen-bond acceptors (Lipinski definition) is 2. The van der Waals surface area contributed by atoms with Crippen molar-refractivity contribution in [3.8, 4) is 0 Å². The van der Waals surface area contributed by atoms with Gasteiger partial charge in [-0.25, -0.2) is 0 Å². The van der Waals surface area contributed by atoms with E-state index in [0.29, 0.717) is 0 Å². The van der Waals surface area contributed by atoms with Crippen LogP contribution in [0.25, 0.3) is 0 Å². The van der Waals surface area contributed by atoms with Crippen molar-refractivity contribution in [2.45, 2.75) is 45.6 Å². The summed E-state index contributed by atoms with van der Waals surface area (Å²) in [4.78, 5) is 0. The van der Waals surface area contributed by atoms with Crippen LogP contribution in [0.1, 0.15) is 40.0 Å². The van der Waals surface area contributed by atoms with Gasteiger partial charge in [0.1, 0.15) is 17.1 Å². The van der Waals surface area contributed by atoms with Gasteiger partial charge in [-0.15, -0.1) is 0 Å². The van der Waals surface area contributed by atoms with Crippen LogP contribution in [-0.4, -0.2) is 22.2 Å². The molecule has 0 aromatic carbocycles. The van der Waals surface area contributed by atoms with Gasteiger partial charge in [0, 0.05) is 10.9 Å². The summed E-state index contributed by atoms with van der Waals surface area (Å²) in [5.41, 5.74) is -0.292. The summed E-state index contributed by atoms with van der Waals surface area (Å²) in [5.74, 6) is 2.55. The van der Waals surface area contributed by atoms with Crippen LogP contribution in [0.3, 0.4) is 0 Å². The Balaban J connectivity index is 2.41. The standard InChI is InChI=1S/C11H20O2S/c1-11(2,3)13-10(12)9-14-7-5-4-6-8-14/h9H,4-8H2,1-3H3/p+1/b10-9-. The molecular weight excluding hydrogens is 196 g/mol. The van der Waals surface area contributed by atoms with Crippen LogP contribution in [0.4, 0.5) is 0 Å². The second-order valence-corrected chi connectivity index (χ2v) is 6.80. The maximum absolute atomic E-state index is 9.58. The molecule has 1 aliphatic heterocycles. The van der Waals surface area contributed by atoms with E-state index in [1.165, 1.54) is 30.8 Å². The van der Waals surface area contributed by atoms with Crippen molar-refractivity contribution in [2.75, 3.05) is 11.5 Å². The van der Waals surface area contributed by atoms with E-state index in [-0.39, 0.29) is 22.4 Å². The summed E-state index contributed by atoms with van der Waals surface area (Å²) in [5, 5.41) is 11.5. The third-order valence-corrected chi connectivity index (χ3v) is 4.15. The maximum Gasteiger partial charge on any atom is 0.327 e. The average molecular weight is 217 g/mol. The molecule has 1 saturated heterocycles. The Hall–Kier alpha value is -0.310. The van der Waals surface area contributed by atoms with Gasteiger partial charge in [-0.3, -0.25) is 0 Å². The normalized spacial score (nSPS) is 20.9. The minimum Gasteiger partial charge on any atom is -0.478 e. The summed E-state index contributed by atoms with van der Waals surface area (Å²) in [6.45, 7) is 5.84. The molecule has 1 rings (SSSR count). The van der Waals surface area contributed by atoms with E-state index in [2.05, 4.69) is 0 Å². The van der Waals surface area contributed by atoms with Crippen LogP contribution in [-0.2, 0) is 15.6 Å². The molecule has 3 heteroatoms. The van der Waals surface area contributed by atoms with Gasteiger partial charge < -0.3 is 9.84 Å². The Labute approximate surface area is 89.7 Å². The first-order chi connectivity index (χ1) is 6.47. The predicted molar refractivity (Wildman–Crippen MR) is 62.5 cm³/mol. The fraction of sp³-hybridized carbons (Fsp3) is 0.818. The Morgan fingerprint density at radius 3 is 2.29 bits per heavy atom. The van der Waals surface area contributed by atoms with Crippen molar-refractivity contribution in [3.05, 3.63) is 11.4 Å². The lowest BCUT2D eigenvalue weighted by molar-refractivity contribution is -0.0136. The second-order valence-electron chi connectivity index (χ2n) is 4.68. The number of hydrogen-bond donors (Lipinski definition) is 1. The summed E-state index contributed by atoms with van der Waals surface area (Å²) in [7, 11) is 0.254. The lowest BCUT2D eigenvalue weighted by Crippen LogP contribution is -2.21. The Morgan fingerprint density at radius 1 is 1.21 bits per heavy atom. The van der Waals surface area contributed by atoms with Crippen molar-refractivity contribution in [1.29, 1.82) is 0 Å². The molecule has 0 aromatic rings. The Bertz CT molecular complexity index is 200. The number of aliphatic hydroxyl groups is 1. The van der Waals surface area contributed by atoms with Gasteiger partial charge >= 0.3 is 5.95 Å². The fourth-order valence-electron chi connectivity index (χ4n) is 1.45. The SMILES string of the molecule is CC(C)(C)O/C(O)=C\[S+]1CCCCC1. The molecule has 0 atom stereocenters. The first-order valence-electron chi connectivity index (χ1n) is 5.23. The molecule has 0 aromatic heterocycles. The van der Waals surface area contributed by atoms with Crippen LogP contribution in [0.2, 0.25) is 0 Å². The summed E-state index contributed by atoms with van der Waals surface area (Å²) in [6.07, 6.45) is 3.93. The molecule has 2 nitrogen and oxygen atoms in total. The van der Waals surface area contributed by atoms with Crippen LogP contribution < -0.4 is 0 Å². The van der Waals surface area contributed by atoms with Crippen molar-refractivity contribution in [2.24, 2.45) is 0 Å². The Kier molecular flexibility index (Phi) is 4.17. The highest BCUT2D eigenvalue weighted by atomic mass is 32.2. The van der Waals surface area contributed by atoms with Gasteiger partial charge in [0.2, 0.25) is 0 Å². The number of ether oxygens (including phenoxy) is 1. The molecular formula is C11H21O2S+. The van der Waals surface area contributed by atoms with E-state index in [1.807, 2.05) is 26.2 Å². The molecule has 0 amide bonds. The van der Waals surface area contributed by atoms with Crippen LogP contribution in [0.5, 0.6) is 0 Å². The van der Waals surface area contributed by atoms with Gasteiger partial charge in [0.15, 0.2) is 5.41 Å². The molecule has 14 heavy (non-hydrogen) atoms. The topological polar surface area (TPSA) is 29.5 Å². The highest BCUT2D eigenvalue weighted by molar-refractivity contribution is 7.99. The minimum atomic E-state index is -0.292. The summed E-state index contributed by atoms with van der Waals surface area (Å²) >= 11 is 0. The number of aliphatic hydroxyl groups excluding tert-OH is 1. The van der Waals surface area contributed by atoms with Gasteiger partial charge in [0.05, 0.1) is 0 Å². The zero-order chi connectivity index (χ0) is 10.6. The van der Waals surface area contributed by atoms with E-state index >= 15 is 0 Å². The first kappa shape index (κ1) is 11.8. The molecule has 1 fully saturated rings. The van der Waals surface area contributed by atoms with E-state index in [4.69, 9.17) is 4.74 Å². The molecule has 0 saturated carbocycles. The second kappa shape index (κ2) is 4.96. The van der Waals surface area contributed by atoms with Gasteiger partial charge in [0.25, 0.3) is 0 Å². The van der Waals surface area contributed by atoms with Gasteiger partial charge in [-0.05, 0) is 40.0 Å². The highest BCUT2D eigenvalue weighted by Gasteiger charge is 2.23. The van der Waals surface area contributed by atoms with Crippen molar-refractivity contribution >= 4 is 10.9 Å². The monoisotopic (exact) mass is 217 g/mol. The molecule has 82 valence electrons. The average Bonchev–Trinajstić information content (AvgIpc) is 2.02. The lowest BCUT2D eigenvalue weighted by Gasteiger charge is -2.19. The molecule has 1 N–H and O–H groups in total. The highest BCUT2D eigenvalue weighted by Crippen LogP contribution is 2.18. The predicted octanol–water partition coefficient (Wildman–Crippen LogP) is 2.96. The molecule has 1 heterocycles. The zero-order valence-electron chi connectivity index (χ0n) is 9.38. The van der Waals surface area contributed by atoms with Crippen LogP contribution in [0.15, 0.2) is 11.4 Å². The van der Waals surface area contributed by atoms with Crippen molar-refractivity contribution < 1.29 is 9.84 Å². The van der Waals surface area contributed by atoms with Gasteiger partial charge in [-0.2, -0.15) is 0 Å². The van der Waals surface area contributed by atoms with E-state index in [0.717, 1.165) is 0 Å². The van der Waals surface area contributed by atoms with Gasteiger partial charge in [-0.1, -0.05) is 0 Å². The Morgan fingerprint density at radius 2 is 1.79 bits per heavy atom. The minimum absolute atomic E-state index is 0.114. The fourth-order valence-corrected chi connectivity index (χ4v) is 3.37. The summed E-state index contributed by atoms with van der Waals surface area (Å²) < 4.78 is 5.36. The van der Waals surface area contributed by atoms with E-state index < -0.39 is 0 Å². The molecule has 0 bridgehead atoms.